The van der Waals surface area contributed by atoms with Crippen molar-refractivity contribution < 1.29 is 27.5 Å². The van der Waals surface area contributed by atoms with Crippen LogP contribution in [0.15, 0.2) is 71.1 Å². The summed E-state index contributed by atoms with van der Waals surface area (Å²) < 4.78 is 34.0. The number of hydrogen-bond acceptors (Lipinski definition) is 7. The van der Waals surface area contributed by atoms with Gasteiger partial charge >= 0.3 is 6.09 Å². The zero-order valence-electron chi connectivity index (χ0n) is 32.1. The molecule has 12 heteroatoms. The van der Waals surface area contributed by atoms with Crippen LogP contribution in [-0.2, 0) is 24.3 Å². The number of piperidine rings is 1. The fraction of sp³-hybridized carbons (Fsp3) is 0.442. The third kappa shape index (κ3) is 7.98. The van der Waals surface area contributed by atoms with Gasteiger partial charge in [-0.15, -0.1) is 0 Å². The van der Waals surface area contributed by atoms with Crippen LogP contribution in [0.3, 0.4) is 0 Å². The number of nitrogens with zero attached hydrogens (tertiary/aromatic N) is 2. The highest BCUT2D eigenvalue weighted by Gasteiger charge is 2.48. The van der Waals surface area contributed by atoms with Crippen molar-refractivity contribution in [1.82, 2.24) is 14.9 Å². The Morgan fingerprint density at radius 3 is 2.16 bits per heavy atom. The van der Waals surface area contributed by atoms with Crippen molar-refractivity contribution in [2.24, 2.45) is 16.8 Å². The van der Waals surface area contributed by atoms with Gasteiger partial charge in [-0.1, -0.05) is 81.6 Å². The number of carbonyl (C=O) groups is 3. The minimum Gasteiger partial charge on any atom is -0.449 e. The van der Waals surface area contributed by atoms with E-state index in [1.54, 1.807) is 18.2 Å². The first-order chi connectivity index (χ1) is 26.3. The average molecular weight is 766 g/mol. The normalized spacial score (nSPS) is 19.2. The molecule has 3 aromatic carbocycles. The molecule has 290 valence electrons. The number of aryl methyl sites for hydroxylation is 2. The summed E-state index contributed by atoms with van der Waals surface area (Å²) in [6.07, 6.45) is 7.19. The van der Waals surface area contributed by atoms with Crippen molar-refractivity contribution in [3.05, 3.63) is 93.9 Å². The Bertz CT molecular complexity index is 2080. The van der Waals surface area contributed by atoms with Crippen LogP contribution in [0.5, 0.6) is 0 Å². The van der Waals surface area contributed by atoms with Gasteiger partial charge < -0.3 is 20.7 Å². The Labute approximate surface area is 324 Å². The molecular weight excluding hydrogens is 715 g/mol. The van der Waals surface area contributed by atoms with Crippen molar-refractivity contribution in [1.29, 1.82) is 0 Å². The molecule has 1 saturated carbocycles. The van der Waals surface area contributed by atoms with Crippen LogP contribution in [0.2, 0.25) is 0 Å². The highest BCUT2D eigenvalue weighted by molar-refractivity contribution is 7.92. The molecule has 0 bridgehead atoms. The van der Waals surface area contributed by atoms with E-state index in [1.165, 1.54) is 16.1 Å². The summed E-state index contributed by atoms with van der Waals surface area (Å²) in [5, 5.41) is 9.95. The first-order valence-corrected chi connectivity index (χ1v) is 21.0. The summed E-state index contributed by atoms with van der Waals surface area (Å²) in [6.45, 7) is 7.99. The smallest absolute Gasteiger partial charge is 0.407 e. The third-order valence-corrected chi connectivity index (χ3v) is 13.3. The molecule has 55 heavy (non-hydrogen) atoms. The van der Waals surface area contributed by atoms with Gasteiger partial charge in [-0.3, -0.25) is 14.6 Å². The van der Waals surface area contributed by atoms with Crippen LogP contribution in [0, 0.1) is 25.7 Å². The number of benzene rings is 3. The second kappa shape index (κ2) is 15.7. The van der Waals surface area contributed by atoms with E-state index in [0.717, 1.165) is 70.5 Å². The van der Waals surface area contributed by atoms with Crippen molar-refractivity contribution in [3.63, 3.8) is 0 Å². The first kappa shape index (κ1) is 38.5. The van der Waals surface area contributed by atoms with E-state index in [2.05, 4.69) is 40.2 Å². The molecule has 0 radical (unpaired) electrons. The molecule has 7 rings (SSSR count). The van der Waals surface area contributed by atoms with Crippen LogP contribution in [0.4, 0.5) is 10.5 Å². The van der Waals surface area contributed by atoms with E-state index in [-0.39, 0.29) is 49.3 Å². The fourth-order valence-electron chi connectivity index (χ4n) is 8.63. The molecule has 2 aliphatic heterocycles. The Hall–Kier alpha value is -4.81. The molecule has 1 saturated heterocycles. The molecule has 1 spiro atoms. The van der Waals surface area contributed by atoms with Crippen LogP contribution in [-0.4, -0.2) is 67.7 Å². The van der Waals surface area contributed by atoms with Gasteiger partial charge in [0.25, 0.3) is 5.91 Å². The number of carbonyl (C=O) groups excluding carboxylic acids is 3. The number of alkyl carbamates (subject to hydrolysis) is 1. The molecule has 3 aromatic rings. The summed E-state index contributed by atoms with van der Waals surface area (Å²) in [7, 11) is -3.76. The monoisotopic (exact) mass is 765 g/mol. The molecule has 2 heterocycles. The van der Waals surface area contributed by atoms with Gasteiger partial charge in [0, 0.05) is 36.0 Å². The van der Waals surface area contributed by atoms with E-state index in [4.69, 9.17) is 9.73 Å². The lowest BCUT2D eigenvalue weighted by molar-refractivity contribution is -0.125. The topological polar surface area (TPSA) is 146 Å². The number of anilines is 1. The van der Waals surface area contributed by atoms with Gasteiger partial charge in [0.15, 0.2) is 0 Å². The third-order valence-electron chi connectivity index (χ3n) is 11.7. The van der Waals surface area contributed by atoms with E-state index in [0.29, 0.717) is 18.5 Å². The number of amides is 3. The van der Waals surface area contributed by atoms with E-state index in [9.17, 15) is 22.8 Å². The molecule has 0 aromatic heterocycles. The Morgan fingerprint density at radius 2 is 1.56 bits per heavy atom. The van der Waals surface area contributed by atoms with Gasteiger partial charge in [0.05, 0.1) is 0 Å². The molecule has 11 nitrogen and oxygen atoms in total. The lowest BCUT2D eigenvalue weighted by atomic mass is 9.88. The van der Waals surface area contributed by atoms with Crippen molar-refractivity contribution >= 4 is 45.5 Å². The minimum atomic E-state index is -3.76. The fourth-order valence-corrected chi connectivity index (χ4v) is 9.80. The molecule has 3 amide bonds. The van der Waals surface area contributed by atoms with E-state index >= 15 is 0 Å². The number of sulfonamides is 1. The SMILES string of the molecule is Cc1cc(NC(=O)[C@@H](NC(=O)OCC2c3ccccc3-c3ccccc32)C(C)C)cc(C)c1C=CS(=O)(=O)N1CCC2(CC1)N=C(C1CCCCC1)NC2=O. The second-order valence-electron chi connectivity index (χ2n) is 15.8. The number of ether oxygens (including phenoxy) is 1. The van der Waals surface area contributed by atoms with Crippen molar-refractivity contribution in [2.45, 2.75) is 90.1 Å². The van der Waals surface area contributed by atoms with Crippen LogP contribution >= 0.6 is 0 Å². The standard InChI is InChI=1S/C43H51N5O6S/c1-27(2)38(45-42(51)54-26-37-35-16-10-8-14-33(35)34-15-9-11-17-36(34)37)40(49)44-31-24-28(3)32(29(4)25-31)18-23-55(52,53)48-21-19-43(20-22-48)41(50)46-39(47-43)30-12-6-5-7-13-30/h8-11,14-18,23-25,27,30,37-38H,5-7,12-13,19-22,26H2,1-4H3,(H,44,49)(H,45,51)(H,46,47,50)/t38-/m0/s1. The summed E-state index contributed by atoms with van der Waals surface area (Å²) in [5.41, 5.74) is 6.41. The van der Waals surface area contributed by atoms with Gasteiger partial charge in [-0.25, -0.2) is 13.2 Å². The largest absolute Gasteiger partial charge is 0.449 e. The number of rotatable bonds is 10. The number of aliphatic imine (C=N–C) groups is 1. The number of fused-ring (bicyclic) bond motifs is 3. The van der Waals surface area contributed by atoms with E-state index < -0.39 is 27.7 Å². The minimum absolute atomic E-state index is 0.0981. The average Bonchev–Trinajstić information content (AvgIpc) is 3.66. The van der Waals surface area contributed by atoms with Crippen LogP contribution in [0.1, 0.15) is 92.5 Å². The molecule has 0 unspecified atom stereocenters. The second-order valence-corrected chi connectivity index (χ2v) is 17.6. The maximum absolute atomic E-state index is 13.5. The highest BCUT2D eigenvalue weighted by Crippen LogP contribution is 2.44. The zero-order valence-corrected chi connectivity index (χ0v) is 32.9. The van der Waals surface area contributed by atoms with Crippen molar-refractivity contribution in [2.75, 3.05) is 25.0 Å². The lowest BCUT2D eigenvalue weighted by Gasteiger charge is -2.34. The zero-order chi connectivity index (χ0) is 38.9. The maximum Gasteiger partial charge on any atom is 0.407 e. The van der Waals surface area contributed by atoms with Gasteiger partial charge in [0.2, 0.25) is 15.9 Å². The predicted octanol–water partition coefficient (Wildman–Crippen LogP) is 7.05. The molecule has 3 N–H and O–H groups in total. The van der Waals surface area contributed by atoms with Gasteiger partial charge in [-0.05, 0) is 103 Å². The van der Waals surface area contributed by atoms with E-state index in [1.807, 2.05) is 52.0 Å². The number of hydrogen-bond donors (Lipinski definition) is 3. The quantitative estimate of drug-likeness (QED) is 0.202. The number of nitrogens with one attached hydrogen (secondary N) is 3. The Kier molecular flexibility index (Phi) is 11.0. The summed E-state index contributed by atoms with van der Waals surface area (Å²) in [5.74, 6) is 0.259. The molecule has 2 aliphatic carbocycles. The van der Waals surface area contributed by atoms with Crippen LogP contribution in [0.25, 0.3) is 17.2 Å². The molecular formula is C43H51N5O6S. The summed E-state index contributed by atoms with van der Waals surface area (Å²) in [4.78, 5) is 44.5. The summed E-state index contributed by atoms with van der Waals surface area (Å²) >= 11 is 0. The molecule has 2 fully saturated rings. The Morgan fingerprint density at radius 1 is 0.964 bits per heavy atom. The lowest BCUT2D eigenvalue weighted by Crippen LogP contribution is -2.50. The molecule has 4 aliphatic rings. The van der Waals surface area contributed by atoms with Gasteiger partial charge in [-0.2, -0.15) is 4.31 Å². The van der Waals surface area contributed by atoms with Crippen molar-refractivity contribution in [3.8, 4) is 11.1 Å². The first-order valence-electron chi connectivity index (χ1n) is 19.5. The maximum atomic E-state index is 13.5. The highest BCUT2D eigenvalue weighted by atomic mass is 32.2. The predicted molar refractivity (Wildman–Crippen MR) is 215 cm³/mol. The van der Waals surface area contributed by atoms with Gasteiger partial charge in [0.1, 0.15) is 24.0 Å². The summed E-state index contributed by atoms with van der Waals surface area (Å²) in [6, 6.07) is 18.9. The Balaban J connectivity index is 0.950. The number of amidine groups is 1. The van der Waals surface area contributed by atoms with Crippen LogP contribution < -0.4 is 16.0 Å². The molecule has 1 atom stereocenters.